The average Bonchev–Trinajstić information content (AvgIpc) is 3.09. The van der Waals surface area contributed by atoms with Crippen LogP contribution in [0, 0.1) is 13.8 Å². The zero-order valence-corrected chi connectivity index (χ0v) is 15.6. The minimum absolute atomic E-state index is 0.232. The summed E-state index contributed by atoms with van der Waals surface area (Å²) < 4.78 is 18.1. The molecule has 0 aliphatic carbocycles. The fraction of sp³-hybridized carbons (Fsp3) is 0.190. The van der Waals surface area contributed by atoms with E-state index in [1.807, 2.05) is 62.4 Å². The molecule has 5 heteroatoms. The minimum atomic E-state index is -1.21. The third-order valence-electron chi connectivity index (χ3n) is 4.20. The van der Waals surface area contributed by atoms with Crippen LogP contribution in [0.3, 0.4) is 0 Å². The van der Waals surface area contributed by atoms with Crippen LogP contribution < -0.4 is 5.32 Å². The van der Waals surface area contributed by atoms with Gasteiger partial charge in [0, 0.05) is 11.4 Å². The molecule has 1 heterocycles. The molecular formula is C21H21NO3S. The number of amides is 1. The highest BCUT2D eigenvalue weighted by atomic mass is 32.2. The SMILES string of the molecule is Cc1ccccc1CNC(=O)c1ccc(C[S@](=O)c2ccccc2C)o1. The molecule has 3 aromatic rings. The molecule has 0 bridgehead atoms. The van der Waals surface area contributed by atoms with Gasteiger partial charge < -0.3 is 9.73 Å². The van der Waals surface area contributed by atoms with Gasteiger partial charge in [-0.1, -0.05) is 42.5 Å². The molecule has 3 rings (SSSR count). The van der Waals surface area contributed by atoms with Crippen LogP contribution in [0.15, 0.2) is 70.0 Å². The van der Waals surface area contributed by atoms with Crippen molar-refractivity contribution in [3.05, 3.63) is 88.9 Å². The first kappa shape index (κ1) is 18.1. The standard InChI is InChI=1S/C21H21NO3S/c1-15-7-3-5-9-17(15)13-22-21(23)19-12-11-18(25-19)14-26(24)20-10-6-4-8-16(20)2/h3-12H,13-14H2,1-2H3,(H,22,23)/t26-/m0/s1. The molecule has 4 nitrogen and oxygen atoms in total. The summed E-state index contributed by atoms with van der Waals surface area (Å²) in [7, 11) is -1.21. The summed E-state index contributed by atoms with van der Waals surface area (Å²) in [5.74, 6) is 0.736. The van der Waals surface area contributed by atoms with Crippen LogP contribution in [0.4, 0.5) is 0 Å². The molecule has 0 aliphatic rings. The molecule has 134 valence electrons. The van der Waals surface area contributed by atoms with E-state index in [1.165, 1.54) is 0 Å². The van der Waals surface area contributed by atoms with Gasteiger partial charge in [0.25, 0.3) is 5.91 Å². The van der Waals surface area contributed by atoms with E-state index in [1.54, 1.807) is 12.1 Å². The maximum Gasteiger partial charge on any atom is 0.287 e. The zero-order chi connectivity index (χ0) is 18.5. The number of hydrogen-bond acceptors (Lipinski definition) is 3. The molecule has 0 spiro atoms. The van der Waals surface area contributed by atoms with Gasteiger partial charge in [0.15, 0.2) is 5.76 Å². The molecule has 1 aromatic heterocycles. The van der Waals surface area contributed by atoms with Crippen molar-refractivity contribution < 1.29 is 13.4 Å². The van der Waals surface area contributed by atoms with E-state index >= 15 is 0 Å². The lowest BCUT2D eigenvalue weighted by Gasteiger charge is -2.06. The Balaban J connectivity index is 1.62. The number of carbonyl (C=O) groups excluding carboxylic acids is 1. The first-order valence-corrected chi connectivity index (χ1v) is 9.72. The lowest BCUT2D eigenvalue weighted by Crippen LogP contribution is -2.22. The van der Waals surface area contributed by atoms with Gasteiger partial charge in [-0.25, -0.2) is 0 Å². The molecule has 1 amide bonds. The molecule has 0 aliphatic heterocycles. The summed E-state index contributed by atoms with van der Waals surface area (Å²) in [5, 5.41) is 2.85. The van der Waals surface area contributed by atoms with E-state index in [0.29, 0.717) is 12.3 Å². The minimum Gasteiger partial charge on any atom is -0.455 e. The first-order valence-electron chi connectivity index (χ1n) is 8.40. The van der Waals surface area contributed by atoms with Crippen molar-refractivity contribution in [2.24, 2.45) is 0 Å². The van der Waals surface area contributed by atoms with E-state index in [2.05, 4.69) is 5.32 Å². The quantitative estimate of drug-likeness (QED) is 0.712. The Kier molecular flexibility index (Phi) is 5.68. The van der Waals surface area contributed by atoms with Crippen molar-refractivity contribution in [3.63, 3.8) is 0 Å². The highest BCUT2D eigenvalue weighted by molar-refractivity contribution is 7.84. The highest BCUT2D eigenvalue weighted by Crippen LogP contribution is 2.18. The fourth-order valence-corrected chi connectivity index (χ4v) is 3.89. The van der Waals surface area contributed by atoms with E-state index in [9.17, 15) is 9.00 Å². The maximum atomic E-state index is 12.5. The fourth-order valence-electron chi connectivity index (χ4n) is 2.67. The van der Waals surface area contributed by atoms with Crippen LogP contribution in [-0.4, -0.2) is 10.1 Å². The molecule has 0 saturated heterocycles. The average molecular weight is 367 g/mol. The second-order valence-corrected chi connectivity index (χ2v) is 7.55. The van der Waals surface area contributed by atoms with Gasteiger partial charge in [0.05, 0.1) is 16.6 Å². The van der Waals surface area contributed by atoms with Gasteiger partial charge in [-0.15, -0.1) is 0 Å². The lowest BCUT2D eigenvalue weighted by atomic mass is 10.1. The summed E-state index contributed by atoms with van der Waals surface area (Å²) in [6.45, 7) is 4.38. The number of hydrogen-bond donors (Lipinski definition) is 1. The van der Waals surface area contributed by atoms with E-state index in [4.69, 9.17) is 4.42 Å². The van der Waals surface area contributed by atoms with Crippen LogP contribution in [-0.2, 0) is 23.1 Å². The molecular weight excluding hydrogens is 346 g/mol. The third-order valence-corrected chi connectivity index (χ3v) is 5.69. The van der Waals surface area contributed by atoms with Gasteiger partial charge in [0.2, 0.25) is 0 Å². The number of rotatable bonds is 6. The summed E-state index contributed by atoms with van der Waals surface area (Å²) in [6, 6.07) is 18.8. The maximum absolute atomic E-state index is 12.5. The van der Waals surface area contributed by atoms with Crippen LogP contribution in [0.5, 0.6) is 0 Å². The van der Waals surface area contributed by atoms with Gasteiger partial charge in [-0.3, -0.25) is 9.00 Å². The monoisotopic (exact) mass is 367 g/mol. The van der Waals surface area contributed by atoms with Gasteiger partial charge in [0.1, 0.15) is 5.76 Å². The van der Waals surface area contributed by atoms with Crippen LogP contribution in [0.2, 0.25) is 0 Å². The Hall–Kier alpha value is -2.66. The summed E-state index contributed by atoms with van der Waals surface area (Å²) >= 11 is 0. The van der Waals surface area contributed by atoms with Gasteiger partial charge in [-0.05, 0) is 48.7 Å². The van der Waals surface area contributed by atoms with E-state index < -0.39 is 10.8 Å². The van der Waals surface area contributed by atoms with Crippen molar-refractivity contribution in [3.8, 4) is 0 Å². The summed E-state index contributed by atoms with van der Waals surface area (Å²) in [5.41, 5.74) is 3.17. The number of aryl methyl sites for hydroxylation is 2. The Labute approximate surface area is 155 Å². The van der Waals surface area contributed by atoms with Crippen molar-refractivity contribution in [1.29, 1.82) is 0 Å². The molecule has 26 heavy (non-hydrogen) atoms. The van der Waals surface area contributed by atoms with Crippen molar-refractivity contribution in [2.75, 3.05) is 0 Å². The zero-order valence-electron chi connectivity index (χ0n) is 14.8. The Bertz CT molecular complexity index is 946. The molecule has 0 unspecified atom stereocenters. The van der Waals surface area contributed by atoms with Gasteiger partial charge in [-0.2, -0.15) is 0 Å². The smallest absolute Gasteiger partial charge is 0.287 e. The van der Waals surface area contributed by atoms with E-state index in [0.717, 1.165) is 21.6 Å². The number of carbonyl (C=O) groups is 1. The summed E-state index contributed by atoms with van der Waals surface area (Å²) in [4.78, 5) is 13.1. The predicted octanol–water partition coefficient (Wildman–Crippen LogP) is 4.13. The number of furan rings is 1. The molecule has 0 radical (unpaired) electrons. The normalized spacial score (nSPS) is 11.9. The molecule has 1 N–H and O–H groups in total. The first-order chi connectivity index (χ1) is 12.5. The molecule has 2 aromatic carbocycles. The number of benzene rings is 2. The highest BCUT2D eigenvalue weighted by Gasteiger charge is 2.14. The Morgan fingerprint density at radius 3 is 2.38 bits per heavy atom. The van der Waals surface area contributed by atoms with Crippen LogP contribution >= 0.6 is 0 Å². The van der Waals surface area contributed by atoms with Crippen molar-refractivity contribution in [1.82, 2.24) is 5.32 Å². The molecule has 1 atom stereocenters. The Morgan fingerprint density at radius 2 is 1.65 bits per heavy atom. The van der Waals surface area contributed by atoms with Crippen LogP contribution in [0.25, 0.3) is 0 Å². The second-order valence-electron chi connectivity index (χ2n) is 6.13. The molecule has 0 saturated carbocycles. The second kappa shape index (κ2) is 8.15. The van der Waals surface area contributed by atoms with Crippen LogP contribution in [0.1, 0.15) is 33.0 Å². The predicted molar refractivity (Wildman–Crippen MR) is 102 cm³/mol. The van der Waals surface area contributed by atoms with Gasteiger partial charge >= 0.3 is 0 Å². The largest absolute Gasteiger partial charge is 0.455 e. The Morgan fingerprint density at radius 1 is 0.962 bits per heavy atom. The van der Waals surface area contributed by atoms with Crippen molar-refractivity contribution >= 4 is 16.7 Å². The lowest BCUT2D eigenvalue weighted by molar-refractivity contribution is 0.0921. The summed E-state index contributed by atoms with van der Waals surface area (Å²) in [6.07, 6.45) is 0. The van der Waals surface area contributed by atoms with Crippen molar-refractivity contribution in [2.45, 2.75) is 31.0 Å². The van der Waals surface area contributed by atoms with E-state index in [-0.39, 0.29) is 17.4 Å². The number of nitrogens with one attached hydrogen (secondary N) is 1. The molecule has 0 fully saturated rings. The topological polar surface area (TPSA) is 59.3 Å². The third kappa shape index (κ3) is 4.29.